The molecule has 3 rings (SSSR count). The molecule has 0 aliphatic carbocycles. The maximum absolute atomic E-state index is 12.9. The van der Waals surface area contributed by atoms with Crippen LogP contribution < -0.4 is 10.1 Å². The second-order valence-electron chi connectivity index (χ2n) is 6.16. The lowest BCUT2D eigenvalue weighted by atomic mass is 9.91. The van der Waals surface area contributed by atoms with Crippen molar-refractivity contribution in [3.63, 3.8) is 0 Å². The van der Waals surface area contributed by atoms with Crippen molar-refractivity contribution in [1.82, 2.24) is 5.32 Å². The predicted molar refractivity (Wildman–Crippen MR) is 101 cm³/mol. The summed E-state index contributed by atoms with van der Waals surface area (Å²) in [5.74, 6) is -0.725. The number of fused-ring (bicyclic) bond motifs is 1. The summed E-state index contributed by atoms with van der Waals surface area (Å²) in [6.45, 7) is 0.473. The molecule has 26 heavy (non-hydrogen) atoms. The van der Waals surface area contributed by atoms with Gasteiger partial charge in [-0.1, -0.05) is 30.3 Å². The Balaban J connectivity index is 1.80. The van der Waals surface area contributed by atoms with Crippen LogP contribution in [-0.2, 0) is 9.59 Å². The Bertz CT molecular complexity index is 791. The number of benzene rings is 2. The standard InChI is InChI=1S/C20H21NO4S/c1-26-14-8-6-13(7-9-14)17(12-19(22)23)21-20(24)16-10-11-25-18-5-3-2-4-15(16)18/h2-9,16-17H,10-12H2,1H3,(H,21,24)(H,22,23). The van der Waals surface area contributed by atoms with Crippen LogP contribution in [0.1, 0.15) is 35.9 Å². The predicted octanol–water partition coefficient (Wildman–Crippen LogP) is 3.61. The van der Waals surface area contributed by atoms with Gasteiger partial charge in [0.15, 0.2) is 0 Å². The van der Waals surface area contributed by atoms with Crippen LogP contribution in [0, 0.1) is 0 Å². The number of hydrogen-bond donors (Lipinski definition) is 2. The first-order chi connectivity index (χ1) is 12.6. The van der Waals surface area contributed by atoms with Gasteiger partial charge in [0.1, 0.15) is 5.75 Å². The monoisotopic (exact) mass is 371 g/mol. The maximum atomic E-state index is 12.9. The van der Waals surface area contributed by atoms with Gasteiger partial charge in [0.05, 0.1) is 25.0 Å². The SMILES string of the molecule is CSc1ccc(C(CC(=O)O)NC(=O)C2CCOc3ccccc32)cc1. The number of carboxylic acid groups (broad SMARTS) is 1. The molecule has 1 amide bonds. The van der Waals surface area contributed by atoms with Crippen LogP contribution in [0.15, 0.2) is 53.4 Å². The Kier molecular flexibility index (Phi) is 5.83. The third kappa shape index (κ3) is 4.19. The van der Waals surface area contributed by atoms with E-state index in [2.05, 4.69) is 5.32 Å². The third-order valence-corrected chi connectivity index (χ3v) is 5.23. The first kappa shape index (κ1) is 18.3. The zero-order valence-corrected chi connectivity index (χ0v) is 15.3. The van der Waals surface area contributed by atoms with Crippen LogP contribution in [0.3, 0.4) is 0 Å². The molecule has 1 aliphatic heterocycles. The fraction of sp³-hybridized carbons (Fsp3) is 0.300. The zero-order chi connectivity index (χ0) is 18.5. The molecule has 6 heteroatoms. The normalized spacial score (nSPS) is 16.9. The first-order valence-electron chi connectivity index (χ1n) is 8.46. The molecule has 0 aromatic heterocycles. The van der Waals surface area contributed by atoms with Crippen LogP contribution in [0.2, 0.25) is 0 Å². The fourth-order valence-corrected chi connectivity index (χ4v) is 3.56. The van der Waals surface area contributed by atoms with E-state index >= 15 is 0 Å². The highest BCUT2D eigenvalue weighted by Gasteiger charge is 2.29. The lowest BCUT2D eigenvalue weighted by Crippen LogP contribution is -2.36. The van der Waals surface area contributed by atoms with E-state index in [4.69, 9.17) is 4.74 Å². The average molecular weight is 371 g/mol. The van der Waals surface area contributed by atoms with Crippen molar-refractivity contribution in [2.24, 2.45) is 0 Å². The number of carboxylic acids is 1. The number of rotatable bonds is 6. The minimum absolute atomic E-state index is 0.158. The summed E-state index contributed by atoms with van der Waals surface area (Å²) in [6.07, 6.45) is 2.40. The average Bonchev–Trinajstić information content (AvgIpc) is 2.66. The minimum atomic E-state index is -0.948. The molecule has 0 saturated carbocycles. The van der Waals surface area contributed by atoms with Crippen molar-refractivity contribution in [3.05, 3.63) is 59.7 Å². The molecule has 2 aromatic carbocycles. The van der Waals surface area contributed by atoms with Crippen molar-refractivity contribution in [1.29, 1.82) is 0 Å². The molecule has 0 saturated heterocycles. The summed E-state index contributed by atoms with van der Waals surface area (Å²) < 4.78 is 5.61. The lowest BCUT2D eigenvalue weighted by Gasteiger charge is -2.27. The summed E-state index contributed by atoms with van der Waals surface area (Å²) in [5, 5.41) is 12.2. The molecule has 5 nitrogen and oxygen atoms in total. The first-order valence-corrected chi connectivity index (χ1v) is 9.69. The maximum Gasteiger partial charge on any atom is 0.305 e. The van der Waals surface area contributed by atoms with Gasteiger partial charge < -0.3 is 15.2 Å². The van der Waals surface area contributed by atoms with Gasteiger partial charge in [0.25, 0.3) is 0 Å². The van der Waals surface area contributed by atoms with Crippen molar-refractivity contribution < 1.29 is 19.4 Å². The highest BCUT2D eigenvalue weighted by molar-refractivity contribution is 7.98. The van der Waals surface area contributed by atoms with E-state index in [0.717, 1.165) is 21.8 Å². The zero-order valence-electron chi connectivity index (χ0n) is 14.5. The minimum Gasteiger partial charge on any atom is -0.493 e. The number of para-hydroxylation sites is 1. The van der Waals surface area contributed by atoms with E-state index in [1.54, 1.807) is 11.8 Å². The van der Waals surface area contributed by atoms with E-state index in [0.29, 0.717) is 13.0 Å². The van der Waals surface area contributed by atoms with Crippen molar-refractivity contribution >= 4 is 23.6 Å². The topological polar surface area (TPSA) is 75.6 Å². The van der Waals surface area contributed by atoms with E-state index < -0.39 is 12.0 Å². The molecule has 136 valence electrons. The number of ether oxygens (including phenoxy) is 1. The second kappa shape index (κ2) is 8.27. The van der Waals surface area contributed by atoms with E-state index in [1.807, 2.05) is 54.8 Å². The Morgan fingerprint density at radius 1 is 1.23 bits per heavy atom. The number of carbonyl (C=O) groups is 2. The van der Waals surface area contributed by atoms with E-state index in [-0.39, 0.29) is 18.2 Å². The Morgan fingerprint density at radius 3 is 2.65 bits per heavy atom. The molecule has 2 N–H and O–H groups in total. The third-order valence-electron chi connectivity index (χ3n) is 4.49. The van der Waals surface area contributed by atoms with Gasteiger partial charge in [0, 0.05) is 10.5 Å². The number of aliphatic carboxylic acids is 1. The summed E-state index contributed by atoms with van der Waals surface area (Å²) in [7, 11) is 0. The van der Waals surface area contributed by atoms with Crippen LogP contribution in [0.4, 0.5) is 0 Å². The van der Waals surface area contributed by atoms with E-state index in [1.165, 1.54) is 0 Å². The Labute approximate surface area is 156 Å². The number of thioether (sulfide) groups is 1. The molecule has 0 bridgehead atoms. The molecule has 2 aromatic rings. The quantitative estimate of drug-likeness (QED) is 0.759. The molecule has 0 radical (unpaired) electrons. The number of carbonyl (C=O) groups excluding carboxylic acids is 1. The molecular weight excluding hydrogens is 350 g/mol. The van der Waals surface area contributed by atoms with Gasteiger partial charge in [-0.2, -0.15) is 0 Å². The van der Waals surface area contributed by atoms with Crippen LogP contribution in [-0.4, -0.2) is 29.8 Å². The summed E-state index contributed by atoms with van der Waals surface area (Å²) in [5.41, 5.74) is 1.64. The molecule has 2 atom stereocenters. The number of amides is 1. The molecule has 0 spiro atoms. The molecule has 1 heterocycles. The van der Waals surface area contributed by atoms with Gasteiger partial charge in [0.2, 0.25) is 5.91 Å². The van der Waals surface area contributed by atoms with Crippen LogP contribution in [0.5, 0.6) is 5.75 Å². The Hall–Kier alpha value is -2.47. The summed E-state index contributed by atoms with van der Waals surface area (Å²) in [6, 6.07) is 14.5. The number of hydrogen-bond acceptors (Lipinski definition) is 4. The molecule has 1 aliphatic rings. The van der Waals surface area contributed by atoms with Gasteiger partial charge in [-0.05, 0) is 36.4 Å². The van der Waals surface area contributed by atoms with Crippen molar-refractivity contribution in [2.45, 2.75) is 29.7 Å². The Morgan fingerprint density at radius 2 is 1.96 bits per heavy atom. The highest BCUT2D eigenvalue weighted by atomic mass is 32.2. The van der Waals surface area contributed by atoms with E-state index in [9.17, 15) is 14.7 Å². The number of nitrogens with one attached hydrogen (secondary N) is 1. The highest BCUT2D eigenvalue weighted by Crippen LogP contribution is 2.34. The molecule has 0 fully saturated rings. The van der Waals surface area contributed by atoms with Gasteiger partial charge in [-0.3, -0.25) is 9.59 Å². The van der Waals surface area contributed by atoms with Crippen LogP contribution >= 0.6 is 11.8 Å². The lowest BCUT2D eigenvalue weighted by molar-refractivity contribution is -0.137. The second-order valence-corrected chi connectivity index (χ2v) is 7.04. The van der Waals surface area contributed by atoms with Gasteiger partial charge in [-0.15, -0.1) is 11.8 Å². The smallest absolute Gasteiger partial charge is 0.305 e. The van der Waals surface area contributed by atoms with Crippen molar-refractivity contribution in [2.75, 3.05) is 12.9 Å². The molecular formula is C20H21NO4S. The van der Waals surface area contributed by atoms with Crippen molar-refractivity contribution in [3.8, 4) is 5.75 Å². The van der Waals surface area contributed by atoms with Crippen LogP contribution in [0.25, 0.3) is 0 Å². The molecule has 2 unspecified atom stereocenters. The largest absolute Gasteiger partial charge is 0.493 e. The summed E-state index contributed by atoms with van der Waals surface area (Å²) in [4.78, 5) is 25.3. The van der Waals surface area contributed by atoms with Gasteiger partial charge >= 0.3 is 5.97 Å². The fourth-order valence-electron chi connectivity index (χ4n) is 3.15. The van der Waals surface area contributed by atoms with Gasteiger partial charge in [-0.25, -0.2) is 0 Å². The summed E-state index contributed by atoms with van der Waals surface area (Å²) >= 11 is 1.61.